The van der Waals surface area contributed by atoms with Gasteiger partial charge >= 0.3 is 5.97 Å². The van der Waals surface area contributed by atoms with Gasteiger partial charge in [0.25, 0.3) is 0 Å². The van der Waals surface area contributed by atoms with Crippen LogP contribution in [0.25, 0.3) is 0 Å². The molecule has 0 amide bonds. The molecule has 0 bridgehead atoms. The predicted molar refractivity (Wildman–Crippen MR) is 61.8 cm³/mol. The number of hydrogen-bond acceptors (Lipinski definition) is 5. The van der Waals surface area contributed by atoms with Gasteiger partial charge in [0.15, 0.2) is 5.75 Å². The lowest BCUT2D eigenvalue weighted by atomic mass is 9.93. The highest BCUT2D eigenvalue weighted by Gasteiger charge is 2.28. The Morgan fingerprint density at radius 3 is 2.65 bits per heavy atom. The number of rotatable bonds is 5. The zero-order valence-electron chi connectivity index (χ0n) is 9.89. The first-order chi connectivity index (χ1) is 7.94. The molecule has 0 radical (unpaired) electrons. The van der Waals surface area contributed by atoms with Crippen molar-refractivity contribution in [3.05, 3.63) is 0 Å². The molecule has 1 fully saturated rings. The average Bonchev–Trinajstić information content (AvgIpc) is 2.20. The SMILES string of the molecule is CCOC(=O)CS(=O)(=O)N[C@H]1CCCC[C@@H]1O. The van der Waals surface area contributed by atoms with Crippen LogP contribution in [0.1, 0.15) is 32.6 Å². The summed E-state index contributed by atoms with van der Waals surface area (Å²) in [4.78, 5) is 11.1. The van der Waals surface area contributed by atoms with Crippen molar-refractivity contribution in [2.75, 3.05) is 12.4 Å². The van der Waals surface area contributed by atoms with E-state index >= 15 is 0 Å². The van der Waals surface area contributed by atoms with Gasteiger partial charge in [-0.2, -0.15) is 0 Å². The molecule has 2 N–H and O–H groups in total. The molecule has 6 nitrogen and oxygen atoms in total. The first-order valence-electron chi connectivity index (χ1n) is 5.78. The van der Waals surface area contributed by atoms with E-state index in [1.165, 1.54) is 0 Å². The second-order valence-corrected chi connectivity index (χ2v) is 5.89. The van der Waals surface area contributed by atoms with Crippen LogP contribution in [0, 0.1) is 0 Å². The van der Waals surface area contributed by atoms with Crippen LogP contribution in [0.4, 0.5) is 0 Å². The smallest absolute Gasteiger partial charge is 0.322 e. The van der Waals surface area contributed by atoms with Gasteiger partial charge in [-0.1, -0.05) is 12.8 Å². The Balaban J connectivity index is 2.50. The first kappa shape index (κ1) is 14.4. The van der Waals surface area contributed by atoms with Gasteiger partial charge in [-0.25, -0.2) is 13.1 Å². The van der Waals surface area contributed by atoms with Gasteiger partial charge < -0.3 is 9.84 Å². The van der Waals surface area contributed by atoms with E-state index in [1.54, 1.807) is 6.92 Å². The fourth-order valence-corrected chi connectivity index (χ4v) is 3.09. The summed E-state index contributed by atoms with van der Waals surface area (Å²) in [7, 11) is -3.72. The fourth-order valence-electron chi connectivity index (χ4n) is 1.88. The van der Waals surface area contributed by atoms with Crippen molar-refractivity contribution < 1.29 is 23.1 Å². The lowest BCUT2D eigenvalue weighted by molar-refractivity contribution is -0.139. The molecule has 0 saturated heterocycles. The van der Waals surface area contributed by atoms with Gasteiger partial charge in [-0.05, 0) is 19.8 Å². The van der Waals surface area contributed by atoms with Gasteiger partial charge in [0.05, 0.1) is 12.7 Å². The molecule has 0 aromatic rings. The second kappa shape index (κ2) is 6.32. The first-order valence-corrected chi connectivity index (χ1v) is 7.43. The van der Waals surface area contributed by atoms with Crippen LogP contribution < -0.4 is 4.72 Å². The van der Waals surface area contributed by atoms with E-state index in [-0.39, 0.29) is 6.61 Å². The lowest BCUT2D eigenvalue weighted by Crippen LogP contribution is -2.46. The van der Waals surface area contributed by atoms with Crippen molar-refractivity contribution in [3.63, 3.8) is 0 Å². The minimum atomic E-state index is -3.72. The molecule has 0 aromatic heterocycles. The van der Waals surface area contributed by atoms with Gasteiger partial charge in [0, 0.05) is 6.04 Å². The fraction of sp³-hybridized carbons (Fsp3) is 0.900. The van der Waals surface area contributed by atoms with E-state index in [2.05, 4.69) is 9.46 Å². The van der Waals surface area contributed by atoms with E-state index in [0.717, 1.165) is 12.8 Å². The molecule has 2 atom stereocenters. The van der Waals surface area contributed by atoms with Crippen LogP contribution in [0.5, 0.6) is 0 Å². The van der Waals surface area contributed by atoms with E-state index in [4.69, 9.17) is 0 Å². The molecule has 0 aromatic carbocycles. The molecule has 1 aliphatic rings. The molecule has 0 unspecified atom stereocenters. The van der Waals surface area contributed by atoms with Gasteiger partial charge in [-0.3, -0.25) is 4.79 Å². The highest BCUT2D eigenvalue weighted by Crippen LogP contribution is 2.18. The summed E-state index contributed by atoms with van der Waals surface area (Å²) in [6.45, 7) is 1.77. The molecule has 0 aliphatic heterocycles. The van der Waals surface area contributed by atoms with Crippen LogP contribution in [0.15, 0.2) is 0 Å². The normalized spacial score (nSPS) is 25.5. The number of nitrogens with one attached hydrogen (secondary N) is 1. The summed E-state index contributed by atoms with van der Waals surface area (Å²) in [5.41, 5.74) is 0. The van der Waals surface area contributed by atoms with E-state index in [1.807, 2.05) is 0 Å². The molecule has 1 aliphatic carbocycles. The highest BCUT2D eigenvalue weighted by atomic mass is 32.2. The number of sulfonamides is 1. The lowest BCUT2D eigenvalue weighted by Gasteiger charge is -2.27. The molecule has 0 heterocycles. The van der Waals surface area contributed by atoms with E-state index < -0.39 is 33.9 Å². The molecule has 17 heavy (non-hydrogen) atoms. The minimum Gasteiger partial charge on any atom is -0.465 e. The van der Waals surface area contributed by atoms with Crippen LogP contribution in [0.3, 0.4) is 0 Å². The topological polar surface area (TPSA) is 92.7 Å². The van der Waals surface area contributed by atoms with Crippen LogP contribution in [0.2, 0.25) is 0 Å². The van der Waals surface area contributed by atoms with Crippen LogP contribution >= 0.6 is 0 Å². The highest BCUT2D eigenvalue weighted by molar-refractivity contribution is 7.90. The van der Waals surface area contributed by atoms with Crippen molar-refractivity contribution in [1.29, 1.82) is 0 Å². The molecule has 100 valence electrons. The molecule has 1 saturated carbocycles. The third kappa shape index (κ3) is 5.01. The second-order valence-electron chi connectivity index (χ2n) is 4.14. The summed E-state index contributed by atoms with van der Waals surface area (Å²) >= 11 is 0. The van der Waals surface area contributed by atoms with Gasteiger partial charge in [0.2, 0.25) is 10.0 Å². The van der Waals surface area contributed by atoms with Crippen molar-refractivity contribution in [2.45, 2.75) is 44.8 Å². The maximum absolute atomic E-state index is 11.6. The van der Waals surface area contributed by atoms with Gasteiger partial charge in [0.1, 0.15) is 0 Å². The standard InChI is InChI=1S/C10H19NO5S/c1-2-16-10(13)7-17(14,15)11-8-5-3-4-6-9(8)12/h8-9,11-12H,2-7H2,1H3/t8-,9-/m0/s1. The zero-order chi connectivity index (χ0) is 12.9. The number of esters is 1. The Hall–Kier alpha value is -0.660. The summed E-state index contributed by atoms with van der Waals surface area (Å²) in [5, 5.41) is 9.63. The Kier molecular flexibility index (Phi) is 5.35. The summed E-state index contributed by atoms with van der Waals surface area (Å²) in [6.07, 6.45) is 2.30. The van der Waals surface area contributed by atoms with Gasteiger partial charge in [-0.15, -0.1) is 0 Å². The van der Waals surface area contributed by atoms with Crippen LogP contribution in [-0.2, 0) is 19.6 Å². The van der Waals surface area contributed by atoms with Crippen molar-refractivity contribution in [1.82, 2.24) is 4.72 Å². The van der Waals surface area contributed by atoms with Crippen molar-refractivity contribution >= 4 is 16.0 Å². The summed E-state index contributed by atoms with van der Waals surface area (Å²) in [6, 6.07) is -0.483. The monoisotopic (exact) mass is 265 g/mol. The molecule has 1 rings (SSSR count). The Morgan fingerprint density at radius 1 is 1.41 bits per heavy atom. The summed E-state index contributed by atoms with van der Waals surface area (Å²) in [5.74, 6) is -1.46. The van der Waals surface area contributed by atoms with Crippen LogP contribution in [-0.4, -0.2) is 44.0 Å². The minimum absolute atomic E-state index is 0.153. The third-order valence-electron chi connectivity index (χ3n) is 2.67. The van der Waals surface area contributed by atoms with Crippen molar-refractivity contribution in [3.8, 4) is 0 Å². The zero-order valence-corrected chi connectivity index (χ0v) is 10.7. The number of aliphatic hydroxyl groups excluding tert-OH is 1. The van der Waals surface area contributed by atoms with E-state index in [9.17, 15) is 18.3 Å². The quantitative estimate of drug-likeness (QED) is 0.670. The maximum Gasteiger partial charge on any atom is 0.322 e. The summed E-state index contributed by atoms with van der Waals surface area (Å²) < 4.78 is 30.1. The molecule has 0 spiro atoms. The Morgan fingerprint density at radius 2 is 2.06 bits per heavy atom. The largest absolute Gasteiger partial charge is 0.465 e. The third-order valence-corrected chi connectivity index (χ3v) is 3.95. The number of hydrogen-bond donors (Lipinski definition) is 2. The Labute approximate surface area is 101 Å². The number of ether oxygens (including phenoxy) is 1. The van der Waals surface area contributed by atoms with Crippen molar-refractivity contribution in [2.24, 2.45) is 0 Å². The molecule has 7 heteroatoms. The number of aliphatic hydroxyl groups is 1. The van der Waals surface area contributed by atoms with E-state index in [0.29, 0.717) is 12.8 Å². The Bertz CT molecular complexity index is 354. The predicted octanol–water partition coefficient (Wildman–Crippen LogP) is -0.228. The average molecular weight is 265 g/mol. The molecular weight excluding hydrogens is 246 g/mol. The maximum atomic E-state index is 11.6. The number of carbonyl (C=O) groups excluding carboxylic acids is 1. The molecular formula is C10H19NO5S. The number of carbonyl (C=O) groups is 1.